The topological polar surface area (TPSA) is 65.1 Å². The molecule has 0 N–H and O–H groups in total. The summed E-state index contributed by atoms with van der Waals surface area (Å²) >= 11 is 13.6. The Balaban J connectivity index is 1.52. The van der Waals surface area contributed by atoms with Crippen molar-refractivity contribution in [1.29, 1.82) is 0 Å². The van der Waals surface area contributed by atoms with Crippen LogP contribution < -0.4 is 5.56 Å². The molecule has 5 aromatic rings. The Hall–Kier alpha value is -3.13. The molecule has 2 aromatic carbocycles. The summed E-state index contributed by atoms with van der Waals surface area (Å²) in [5, 5.41) is 10.7. The Labute approximate surface area is 203 Å². The molecule has 0 aliphatic heterocycles. The van der Waals surface area contributed by atoms with E-state index in [0.717, 1.165) is 17.1 Å². The lowest BCUT2D eigenvalue weighted by Crippen LogP contribution is -2.15. The molecule has 3 heterocycles. The highest BCUT2D eigenvalue weighted by atomic mass is 35.5. The number of aromatic nitrogens is 5. The third-order valence-electron chi connectivity index (χ3n) is 5.05. The van der Waals surface area contributed by atoms with Gasteiger partial charge in [-0.15, -0.1) is 10.2 Å². The molecule has 0 aliphatic carbocycles. The van der Waals surface area contributed by atoms with E-state index in [2.05, 4.69) is 15.2 Å². The van der Waals surface area contributed by atoms with Gasteiger partial charge in [0.25, 0.3) is 5.56 Å². The average molecular weight is 494 g/mol. The molecule has 0 bridgehead atoms. The van der Waals surface area contributed by atoms with E-state index in [0.29, 0.717) is 32.3 Å². The van der Waals surface area contributed by atoms with E-state index in [-0.39, 0.29) is 5.56 Å². The molecule has 0 fully saturated rings. The van der Waals surface area contributed by atoms with Crippen LogP contribution in [0.15, 0.2) is 82.9 Å². The van der Waals surface area contributed by atoms with Gasteiger partial charge in [0.1, 0.15) is 5.65 Å². The zero-order valence-corrected chi connectivity index (χ0v) is 19.8. The molecule has 5 rings (SSSR count). The quantitative estimate of drug-likeness (QED) is 0.287. The second-order valence-electron chi connectivity index (χ2n) is 7.43. The Kier molecular flexibility index (Phi) is 5.93. The van der Waals surface area contributed by atoms with Crippen LogP contribution in [0.1, 0.15) is 11.3 Å². The first-order valence-corrected chi connectivity index (χ1v) is 11.8. The van der Waals surface area contributed by atoms with Gasteiger partial charge in [-0.25, -0.2) is 4.98 Å². The Morgan fingerprint density at radius 2 is 1.64 bits per heavy atom. The molecule has 164 valence electrons. The summed E-state index contributed by atoms with van der Waals surface area (Å²) in [5.74, 6) is 1.18. The van der Waals surface area contributed by atoms with Crippen molar-refractivity contribution in [3.05, 3.63) is 105 Å². The predicted octanol–water partition coefficient (Wildman–Crippen LogP) is 5.85. The number of aryl methyl sites for hydroxylation is 1. The van der Waals surface area contributed by atoms with Gasteiger partial charge in [0, 0.05) is 34.3 Å². The summed E-state index contributed by atoms with van der Waals surface area (Å²) in [5.41, 5.74) is 4.02. The zero-order valence-electron chi connectivity index (χ0n) is 17.4. The van der Waals surface area contributed by atoms with Gasteiger partial charge >= 0.3 is 0 Å². The molecule has 0 spiro atoms. The monoisotopic (exact) mass is 493 g/mol. The predicted molar refractivity (Wildman–Crippen MR) is 133 cm³/mol. The molecule has 0 aliphatic rings. The SMILES string of the molecule is Cc1ccc(-c2nnc(SCc3cc(=O)n4cc(Cl)ccc4n3)n2-c2ccc(Cl)cc2)cc1. The highest BCUT2D eigenvalue weighted by Crippen LogP contribution is 2.30. The van der Waals surface area contributed by atoms with Crippen LogP contribution in [0.3, 0.4) is 0 Å². The number of fused-ring (bicyclic) bond motifs is 1. The molecule has 0 amide bonds. The van der Waals surface area contributed by atoms with E-state index in [1.807, 2.05) is 60.0 Å². The van der Waals surface area contributed by atoms with Gasteiger partial charge in [0.15, 0.2) is 11.0 Å². The van der Waals surface area contributed by atoms with E-state index in [4.69, 9.17) is 23.2 Å². The Morgan fingerprint density at radius 1 is 0.909 bits per heavy atom. The summed E-state index contributed by atoms with van der Waals surface area (Å²) in [6.45, 7) is 2.04. The van der Waals surface area contributed by atoms with Gasteiger partial charge in [-0.2, -0.15) is 0 Å². The van der Waals surface area contributed by atoms with Crippen LogP contribution in [0, 0.1) is 6.92 Å². The number of thioether (sulfide) groups is 1. The van der Waals surface area contributed by atoms with Crippen LogP contribution in [0.4, 0.5) is 0 Å². The fourth-order valence-corrected chi connectivity index (χ4v) is 4.55. The smallest absolute Gasteiger partial charge is 0.258 e. The maximum Gasteiger partial charge on any atom is 0.258 e. The fourth-order valence-electron chi connectivity index (χ4n) is 3.41. The van der Waals surface area contributed by atoms with Crippen molar-refractivity contribution in [2.75, 3.05) is 0 Å². The van der Waals surface area contributed by atoms with Gasteiger partial charge in [-0.3, -0.25) is 13.8 Å². The van der Waals surface area contributed by atoms with Crippen molar-refractivity contribution < 1.29 is 0 Å². The van der Waals surface area contributed by atoms with Crippen molar-refractivity contribution in [2.45, 2.75) is 17.8 Å². The van der Waals surface area contributed by atoms with Crippen molar-refractivity contribution in [2.24, 2.45) is 0 Å². The Bertz CT molecular complexity index is 1510. The standard InChI is InChI=1S/C24H17Cl2N5OS/c1-15-2-4-16(5-3-15)23-28-29-24(31(23)20-9-6-17(25)7-10-20)33-14-19-12-22(32)30-13-18(26)8-11-21(30)27-19/h2-13H,14H2,1H3. The number of halogens is 2. The van der Waals surface area contributed by atoms with Gasteiger partial charge in [0.2, 0.25) is 0 Å². The lowest BCUT2D eigenvalue weighted by atomic mass is 10.1. The second kappa shape index (κ2) is 9.02. The minimum absolute atomic E-state index is 0.183. The maximum atomic E-state index is 12.5. The molecule has 6 nitrogen and oxygen atoms in total. The van der Waals surface area contributed by atoms with Crippen LogP contribution in [-0.2, 0) is 5.75 Å². The number of nitrogens with zero attached hydrogens (tertiary/aromatic N) is 5. The van der Waals surface area contributed by atoms with Gasteiger partial charge in [0.05, 0.1) is 10.7 Å². The summed E-state index contributed by atoms with van der Waals surface area (Å²) in [4.78, 5) is 17.1. The number of pyridine rings is 1. The van der Waals surface area contributed by atoms with Crippen LogP contribution >= 0.6 is 35.0 Å². The molecule has 0 unspecified atom stereocenters. The Morgan fingerprint density at radius 3 is 2.39 bits per heavy atom. The van der Waals surface area contributed by atoms with E-state index in [9.17, 15) is 4.79 Å². The van der Waals surface area contributed by atoms with Crippen LogP contribution in [0.2, 0.25) is 10.0 Å². The van der Waals surface area contributed by atoms with Crippen LogP contribution in [0.25, 0.3) is 22.7 Å². The van der Waals surface area contributed by atoms with E-state index in [1.54, 1.807) is 18.3 Å². The number of hydrogen-bond donors (Lipinski definition) is 0. The minimum Gasteiger partial charge on any atom is -0.270 e. The molecular weight excluding hydrogens is 477 g/mol. The third-order valence-corrected chi connectivity index (χ3v) is 6.49. The molecule has 3 aromatic heterocycles. The van der Waals surface area contributed by atoms with E-state index < -0.39 is 0 Å². The number of hydrogen-bond acceptors (Lipinski definition) is 5. The van der Waals surface area contributed by atoms with Crippen LogP contribution in [-0.4, -0.2) is 24.1 Å². The highest BCUT2D eigenvalue weighted by molar-refractivity contribution is 7.98. The van der Waals surface area contributed by atoms with Crippen molar-refractivity contribution in [3.8, 4) is 17.1 Å². The molecule has 9 heteroatoms. The minimum atomic E-state index is -0.183. The molecule has 33 heavy (non-hydrogen) atoms. The normalized spacial score (nSPS) is 11.2. The lowest BCUT2D eigenvalue weighted by molar-refractivity contribution is 0.884. The highest BCUT2D eigenvalue weighted by Gasteiger charge is 2.17. The summed E-state index contributed by atoms with van der Waals surface area (Å²) in [7, 11) is 0. The maximum absolute atomic E-state index is 12.5. The van der Waals surface area contributed by atoms with Gasteiger partial charge in [-0.1, -0.05) is 64.8 Å². The first-order valence-electron chi connectivity index (χ1n) is 10.1. The van der Waals surface area contributed by atoms with E-state index >= 15 is 0 Å². The second-order valence-corrected chi connectivity index (χ2v) is 9.25. The molecule has 0 atom stereocenters. The van der Waals surface area contributed by atoms with Gasteiger partial charge in [-0.05, 0) is 43.3 Å². The van der Waals surface area contributed by atoms with Crippen molar-refractivity contribution >= 4 is 40.6 Å². The molecule has 0 saturated carbocycles. The van der Waals surface area contributed by atoms with Crippen molar-refractivity contribution in [1.82, 2.24) is 24.1 Å². The third kappa shape index (κ3) is 4.53. The first-order chi connectivity index (χ1) is 16.0. The van der Waals surface area contributed by atoms with Gasteiger partial charge < -0.3 is 0 Å². The van der Waals surface area contributed by atoms with Crippen LogP contribution in [0.5, 0.6) is 0 Å². The molecule has 0 saturated heterocycles. The lowest BCUT2D eigenvalue weighted by Gasteiger charge is -2.11. The van der Waals surface area contributed by atoms with E-state index in [1.165, 1.54) is 27.8 Å². The largest absolute Gasteiger partial charge is 0.270 e. The molecular formula is C24H17Cl2N5OS. The first kappa shape index (κ1) is 21.7. The number of benzene rings is 2. The fraction of sp³-hybridized carbons (Fsp3) is 0.0833. The average Bonchev–Trinajstić information content (AvgIpc) is 3.23. The zero-order chi connectivity index (χ0) is 22.9. The molecule has 0 radical (unpaired) electrons. The summed E-state index contributed by atoms with van der Waals surface area (Å²) < 4.78 is 3.42. The summed E-state index contributed by atoms with van der Waals surface area (Å²) in [6, 6.07) is 20.6. The van der Waals surface area contributed by atoms with Crippen molar-refractivity contribution in [3.63, 3.8) is 0 Å². The number of rotatable bonds is 5. The summed E-state index contributed by atoms with van der Waals surface area (Å²) in [6.07, 6.45) is 1.56.